The van der Waals surface area contributed by atoms with Gasteiger partial charge in [0.2, 0.25) is 0 Å². The highest BCUT2D eigenvalue weighted by Gasteiger charge is 2.04. The first-order valence-electron chi connectivity index (χ1n) is 5.31. The van der Waals surface area contributed by atoms with E-state index in [1.807, 2.05) is 0 Å². The van der Waals surface area contributed by atoms with E-state index in [1.54, 1.807) is 6.92 Å². The van der Waals surface area contributed by atoms with Crippen molar-refractivity contribution in [1.29, 1.82) is 0 Å². The fourth-order valence-corrected chi connectivity index (χ4v) is 1.37. The molecule has 0 aliphatic heterocycles. The largest absolute Gasteiger partial charge is 0.481 e. The number of carbonyl (C=O) groups is 1. The third-order valence-corrected chi connectivity index (χ3v) is 2.24. The Hall–Kier alpha value is -1.92. The standard InChI is InChI=1S/C10H14N2O5/c1-7-11-9(15)10(16)17-12(7)6-4-2-3-5-8(13)14/h2-6H2,1H3,(H,13,14). The minimum absolute atomic E-state index is 0.130. The molecule has 0 saturated heterocycles. The van der Waals surface area contributed by atoms with E-state index < -0.39 is 17.2 Å². The quantitative estimate of drug-likeness (QED) is 0.562. The number of nitrogens with zero attached hydrogens (tertiary/aromatic N) is 2. The Morgan fingerprint density at radius 3 is 2.71 bits per heavy atom. The third-order valence-electron chi connectivity index (χ3n) is 2.24. The molecule has 17 heavy (non-hydrogen) atoms. The van der Waals surface area contributed by atoms with E-state index in [1.165, 1.54) is 4.74 Å². The number of unbranched alkanes of at least 4 members (excludes halogenated alkanes) is 2. The van der Waals surface area contributed by atoms with E-state index in [9.17, 15) is 14.4 Å². The van der Waals surface area contributed by atoms with E-state index in [0.717, 1.165) is 0 Å². The molecule has 94 valence electrons. The van der Waals surface area contributed by atoms with Crippen molar-refractivity contribution in [3.63, 3.8) is 0 Å². The van der Waals surface area contributed by atoms with Crippen molar-refractivity contribution in [2.75, 3.05) is 0 Å². The van der Waals surface area contributed by atoms with Crippen LogP contribution in [0.25, 0.3) is 0 Å². The van der Waals surface area contributed by atoms with Crippen LogP contribution < -0.4 is 11.2 Å². The van der Waals surface area contributed by atoms with Crippen LogP contribution in [0.3, 0.4) is 0 Å². The summed E-state index contributed by atoms with van der Waals surface area (Å²) in [7, 11) is 0. The zero-order valence-corrected chi connectivity index (χ0v) is 9.51. The highest BCUT2D eigenvalue weighted by molar-refractivity contribution is 5.66. The number of carboxylic acids is 1. The van der Waals surface area contributed by atoms with Gasteiger partial charge in [-0.2, -0.15) is 9.72 Å². The number of aromatic nitrogens is 2. The fourth-order valence-electron chi connectivity index (χ4n) is 1.37. The Morgan fingerprint density at radius 2 is 2.06 bits per heavy atom. The topological polar surface area (TPSA) is 102 Å². The van der Waals surface area contributed by atoms with E-state index >= 15 is 0 Å². The van der Waals surface area contributed by atoms with Crippen LogP contribution in [0.1, 0.15) is 31.5 Å². The van der Waals surface area contributed by atoms with Crippen molar-refractivity contribution >= 4 is 5.97 Å². The Bertz CT molecular complexity index is 502. The average molecular weight is 242 g/mol. The van der Waals surface area contributed by atoms with Gasteiger partial charge in [0.15, 0.2) is 0 Å². The van der Waals surface area contributed by atoms with Crippen molar-refractivity contribution in [1.82, 2.24) is 9.72 Å². The summed E-state index contributed by atoms with van der Waals surface area (Å²) in [5, 5.41) is 8.43. The lowest BCUT2D eigenvalue weighted by Crippen LogP contribution is -2.30. The lowest BCUT2D eigenvalue weighted by Gasteiger charge is -2.05. The first kappa shape index (κ1) is 13.1. The first-order valence-corrected chi connectivity index (χ1v) is 5.31. The molecule has 0 amide bonds. The van der Waals surface area contributed by atoms with Gasteiger partial charge in [0.25, 0.3) is 0 Å². The number of rotatable bonds is 6. The Balaban J connectivity index is 2.47. The van der Waals surface area contributed by atoms with Crippen LogP contribution in [0.5, 0.6) is 0 Å². The third kappa shape index (κ3) is 4.21. The van der Waals surface area contributed by atoms with Gasteiger partial charge in [0.1, 0.15) is 5.82 Å². The van der Waals surface area contributed by atoms with Crippen molar-refractivity contribution in [3.8, 4) is 0 Å². The summed E-state index contributed by atoms with van der Waals surface area (Å²) in [4.78, 5) is 35.5. The maximum absolute atomic E-state index is 10.9. The minimum Gasteiger partial charge on any atom is -0.481 e. The van der Waals surface area contributed by atoms with E-state index in [2.05, 4.69) is 4.98 Å². The molecule has 1 aromatic heterocycles. The van der Waals surface area contributed by atoms with Crippen LogP contribution in [0.2, 0.25) is 0 Å². The molecule has 7 nitrogen and oxygen atoms in total. The molecule has 1 rings (SSSR count). The van der Waals surface area contributed by atoms with Crippen LogP contribution in [0.4, 0.5) is 0 Å². The van der Waals surface area contributed by atoms with Gasteiger partial charge in [0, 0.05) is 6.42 Å². The van der Waals surface area contributed by atoms with E-state index in [4.69, 9.17) is 9.63 Å². The Labute approximate surface area is 96.7 Å². The molecule has 0 unspecified atom stereocenters. The van der Waals surface area contributed by atoms with Crippen LogP contribution in [0, 0.1) is 6.92 Å². The van der Waals surface area contributed by atoms with Crippen LogP contribution in [-0.2, 0) is 11.3 Å². The molecule has 0 radical (unpaired) electrons. The molecule has 0 bridgehead atoms. The summed E-state index contributed by atoms with van der Waals surface area (Å²) in [6.45, 7) is 1.98. The molecule has 0 fully saturated rings. The lowest BCUT2D eigenvalue weighted by atomic mass is 10.2. The summed E-state index contributed by atoms with van der Waals surface area (Å²) >= 11 is 0. The molecule has 1 N–H and O–H groups in total. The van der Waals surface area contributed by atoms with Gasteiger partial charge >= 0.3 is 17.2 Å². The van der Waals surface area contributed by atoms with Crippen molar-refractivity contribution in [2.24, 2.45) is 0 Å². The molecule has 1 aromatic rings. The number of carboxylic acid groups (broad SMARTS) is 1. The van der Waals surface area contributed by atoms with Crippen LogP contribution in [-0.4, -0.2) is 20.8 Å². The highest BCUT2D eigenvalue weighted by Crippen LogP contribution is 2.02. The normalized spacial score (nSPS) is 10.4. The number of hydrogen-bond donors (Lipinski definition) is 1. The SMILES string of the molecule is Cc1nc(=O)c(=O)on1CCCCCC(=O)O. The van der Waals surface area contributed by atoms with Crippen molar-refractivity contribution in [2.45, 2.75) is 39.2 Å². The Morgan fingerprint density at radius 1 is 1.35 bits per heavy atom. The van der Waals surface area contributed by atoms with Crippen LogP contribution in [0.15, 0.2) is 14.1 Å². The lowest BCUT2D eigenvalue weighted by molar-refractivity contribution is -0.137. The van der Waals surface area contributed by atoms with Gasteiger partial charge in [-0.25, -0.2) is 4.79 Å². The van der Waals surface area contributed by atoms with Gasteiger partial charge in [0.05, 0.1) is 6.54 Å². The van der Waals surface area contributed by atoms with Gasteiger partial charge in [-0.3, -0.25) is 9.59 Å². The second-order valence-corrected chi connectivity index (χ2v) is 3.65. The Kier molecular flexibility index (Phi) is 4.62. The molecular weight excluding hydrogens is 228 g/mol. The van der Waals surface area contributed by atoms with Gasteiger partial charge in [-0.05, 0) is 19.8 Å². The molecule has 0 spiro atoms. The zero-order chi connectivity index (χ0) is 12.8. The predicted octanol–water partition coefficient (Wildman–Crippen LogP) is 0.150. The maximum atomic E-state index is 10.9. The fraction of sp³-hybridized carbons (Fsp3) is 0.600. The molecule has 0 saturated carbocycles. The second kappa shape index (κ2) is 5.97. The summed E-state index contributed by atoms with van der Waals surface area (Å²) in [5.41, 5.74) is -1.88. The molecule has 0 aromatic carbocycles. The second-order valence-electron chi connectivity index (χ2n) is 3.65. The summed E-state index contributed by atoms with van der Waals surface area (Å²) in [6, 6.07) is 0. The summed E-state index contributed by atoms with van der Waals surface area (Å²) in [5.74, 6) is -0.481. The van der Waals surface area contributed by atoms with Crippen molar-refractivity contribution in [3.05, 3.63) is 26.6 Å². The zero-order valence-electron chi connectivity index (χ0n) is 9.51. The highest BCUT2D eigenvalue weighted by atomic mass is 16.5. The molecule has 0 aliphatic rings. The molecule has 1 heterocycles. The van der Waals surface area contributed by atoms with Gasteiger partial charge in [-0.15, -0.1) is 0 Å². The van der Waals surface area contributed by atoms with Gasteiger partial charge in [-0.1, -0.05) is 6.42 Å². The first-order chi connectivity index (χ1) is 8.00. The van der Waals surface area contributed by atoms with Crippen LogP contribution >= 0.6 is 0 Å². The van der Waals surface area contributed by atoms with Crippen molar-refractivity contribution < 1.29 is 14.4 Å². The van der Waals surface area contributed by atoms with E-state index in [0.29, 0.717) is 31.6 Å². The van der Waals surface area contributed by atoms with E-state index in [-0.39, 0.29) is 6.42 Å². The number of aliphatic carboxylic acids is 1. The average Bonchev–Trinajstić information content (AvgIpc) is 2.24. The molecule has 0 atom stereocenters. The molecule has 7 heteroatoms. The summed E-state index contributed by atoms with van der Waals surface area (Å²) < 4.78 is 5.99. The number of hydrogen-bond acceptors (Lipinski definition) is 5. The monoisotopic (exact) mass is 242 g/mol. The maximum Gasteiger partial charge on any atom is 0.423 e. The van der Waals surface area contributed by atoms with Gasteiger partial charge < -0.3 is 9.63 Å². The molecular formula is C10H14N2O5. The number of aryl methyl sites for hydroxylation is 2. The molecule has 0 aliphatic carbocycles. The minimum atomic E-state index is -0.985. The summed E-state index contributed by atoms with van der Waals surface area (Å²) in [6.07, 6.45) is 2.08. The predicted molar refractivity (Wildman–Crippen MR) is 57.9 cm³/mol. The smallest absolute Gasteiger partial charge is 0.423 e.